The quantitative estimate of drug-likeness (QED) is 0.705. The molecule has 142 valence electrons. The van der Waals surface area contributed by atoms with E-state index in [1.807, 2.05) is 26.2 Å². The van der Waals surface area contributed by atoms with Crippen LogP contribution in [-0.2, 0) is 6.54 Å². The molecule has 0 bridgehead atoms. The Hall–Kier alpha value is -1.90. The predicted octanol–water partition coefficient (Wildman–Crippen LogP) is 4.31. The Morgan fingerprint density at radius 3 is 2.70 bits per heavy atom. The first-order valence-corrected chi connectivity index (χ1v) is 10.9. The van der Waals surface area contributed by atoms with Crippen molar-refractivity contribution in [3.63, 3.8) is 0 Å². The summed E-state index contributed by atoms with van der Waals surface area (Å²) in [5, 5.41) is 6.65. The number of amides is 1. The molecule has 4 heterocycles. The average molecular weight is 402 g/mol. The Morgan fingerprint density at radius 1 is 1.15 bits per heavy atom. The maximum atomic E-state index is 12.8. The van der Waals surface area contributed by atoms with Crippen LogP contribution in [0.15, 0.2) is 5.38 Å². The topological polar surface area (TPSA) is 71.0 Å². The van der Waals surface area contributed by atoms with Gasteiger partial charge < -0.3 is 0 Å². The van der Waals surface area contributed by atoms with Crippen molar-refractivity contribution in [1.29, 1.82) is 0 Å². The van der Waals surface area contributed by atoms with Crippen molar-refractivity contribution in [2.24, 2.45) is 0 Å². The maximum absolute atomic E-state index is 12.8. The first kappa shape index (κ1) is 18.5. The zero-order chi connectivity index (χ0) is 19.0. The number of aryl methyl sites for hydroxylation is 3. The molecule has 1 fully saturated rings. The van der Waals surface area contributed by atoms with Crippen LogP contribution in [0.2, 0.25) is 0 Å². The van der Waals surface area contributed by atoms with Crippen molar-refractivity contribution in [3.8, 4) is 0 Å². The second-order valence-corrected chi connectivity index (χ2v) is 8.88. The minimum absolute atomic E-state index is 0.119. The number of carbonyl (C=O) groups excluding carboxylic acids is 1. The highest BCUT2D eigenvalue weighted by atomic mass is 32.1. The van der Waals surface area contributed by atoms with Crippen LogP contribution in [-0.4, -0.2) is 38.8 Å². The molecule has 1 saturated heterocycles. The van der Waals surface area contributed by atoms with Crippen LogP contribution in [0.4, 0.5) is 5.13 Å². The van der Waals surface area contributed by atoms with Gasteiger partial charge in [-0.25, -0.2) is 15.0 Å². The Kier molecular flexibility index (Phi) is 5.21. The largest absolute Gasteiger partial charge is 0.297 e. The third-order valence-electron chi connectivity index (χ3n) is 4.90. The lowest BCUT2D eigenvalue weighted by atomic mass is 10.1. The SMILES string of the molecule is Cc1nc(C)c2c(C)c(C(=O)Nc3nc(CN4CCCCC4)cs3)sc2n1. The van der Waals surface area contributed by atoms with Gasteiger partial charge in [-0.3, -0.25) is 15.0 Å². The first-order valence-electron chi connectivity index (χ1n) is 9.23. The van der Waals surface area contributed by atoms with Gasteiger partial charge in [-0.2, -0.15) is 0 Å². The Morgan fingerprint density at radius 2 is 1.93 bits per heavy atom. The van der Waals surface area contributed by atoms with Crippen molar-refractivity contribution in [1.82, 2.24) is 19.9 Å². The second-order valence-electron chi connectivity index (χ2n) is 7.03. The van der Waals surface area contributed by atoms with Gasteiger partial charge >= 0.3 is 0 Å². The lowest BCUT2D eigenvalue weighted by Gasteiger charge is -2.25. The number of piperidine rings is 1. The molecule has 3 aromatic heterocycles. The third-order valence-corrected chi connectivity index (χ3v) is 6.89. The molecular weight excluding hydrogens is 378 g/mol. The number of nitrogens with one attached hydrogen (secondary N) is 1. The van der Waals surface area contributed by atoms with E-state index in [1.165, 1.54) is 41.9 Å². The number of rotatable bonds is 4. The number of hydrogen-bond acceptors (Lipinski definition) is 7. The standard InChI is InChI=1S/C19H23N5OS2/c1-11-15-12(2)20-13(3)21-18(15)27-16(11)17(25)23-19-22-14(10-26-19)9-24-7-5-4-6-8-24/h10H,4-9H2,1-3H3,(H,22,23,25). The second kappa shape index (κ2) is 7.61. The highest BCUT2D eigenvalue weighted by Gasteiger charge is 2.20. The monoisotopic (exact) mass is 401 g/mol. The summed E-state index contributed by atoms with van der Waals surface area (Å²) < 4.78 is 0. The molecule has 0 unspecified atom stereocenters. The van der Waals surface area contributed by atoms with Crippen LogP contribution in [0.1, 0.15) is 51.7 Å². The number of hydrogen-bond donors (Lipinski definition) is 1. The molecule has 0 aromatic carbocycles. The Balaban J connectivity index is 1.50. The first-order chi connectivity index (χ1) is 13.0. The minimum Gasteiger partial charge on any atom is -0.297 e. The van der Waals surface area contributed by atoms with E-state index in [1.54, 1.807) is 0 Å². The van der Waals surface area contributed by atoms with Gasteiger partial charge in [0, 0.05) is 23.0 Å². The molecule has 1 amide bonds. The van der Waals surface area contributed by atoms with Gasteiger partial charge in [-0.1, -0.05) is 6.42 Å². The number of nitrogens with zero attached hydrogens (tertiary/aromatic N) is 4. The molecule has 6 nitrogen and oxygen atoms in total. The van der Waals surface area contributed by atoms with Crippen LogP contribution in [0, 0.1) is 20.8 Å². The molecular formula is C19H23N5OS2. The van der Waals surface area contributed by atoms with Crippen LogP contribution in [0.5, 0.6) is 0 Å². The molecule has 0 spiro atoms. The summed E-state index contributed by atoms with van der Waals surface area (Å²) in [7, 11) is 0. The fourth-order valence-electron chi connectivity index (χ4n) is 3.63. The number of likely N-dealkylation sites (tertiary alicyclic amines) is 1. The summed E-state index contributed by atoms with van der Waals surface area (Å²) in [6.07, 6.45) is 3.86. The molecule has 0 atom stereocenters. The zero-order valence-corrected chi connectivity index (χ0v) is 17.5. The van der Waals surface area contributed by atoms with E-state index >= 15 is 0 Å². The molecule has 27 heavy (non-hydrogen) atoms. The molecule has 8 heteroatoms. The summed E-state index contributed by atoms with van der Waals surface area (Å²) in [6.45, 7) is 8.94. The highest BCUT2D eigenvalue weighted by Crippen LogP contribution is 2.32. The summed E-state index contributed by atoms with van der Waals surface area (Å²) in [6, 6.07) is 0. The summed E-state index contributed by atoms with van der Waals surface area (Å²) >= 11 is 2.91. The van der Waals surface area contributed by atoms with E-state index in [0.717, 1.165) is 52.6 Å². The van der Waals surface area contributed by atoms with Gasteiger partial charge in [0.05, 0.1) is 10.6 Å². The van der Waals surface area contributed by atoms with Gasteiger partial charge in [0.25, 0.3) is 5.91 Å². The number of thiazole rings is 1. The number of carbonyl (C=O) groups is 1. The van der Waals surface area contributed by atoms with E-state index in [2.05, 4.69) is 25.2 Å². The van der Waals surface area contributed by atoms with Crippen molar-refractivity contribution in [2.45, 2.75) is 46.6 Å². The fraction of sp³-hybridized carbons (Fsp3) is 0.474. The molecule has 0 aliphatic carbocycles. The Bertz CT molecular complexity index is 988. The zero-order valence-electron chi connectivity index (χ0n) is 15.8. The number of thiophene rings is 1. The number of anilines is 1. The molecule has 3 aromatic rings. The van der Waals surface area contributed by atoms with Crippen molar-refractivity contribution >= 4 is 43.9 Å². The smallest absolute Gasteiger partial charge is 0.267 e. The van der Waals surface area contributed by atoms with E-state index in [4.69, 9.17) is 0 Å². The van der Waals surface area contributed by atoms with E-state index in [9.17, 15) is 4.79 Å². The maximum Gasteiger partial charge on any atom is 0.267 e. The number of fused-ring (bicyclic) bond motifs is 1. The lowest BCUT2D eigenvalue weighted by Crippen LogP contribution is -2.29. The molecule has 1 N–H and O–H groups in total. The van der Waals surface area contributed by atoms with Gasteiger partial charge in [-0.15, -0.1) is 22.7 Å². The third kappa shape index (κ3) is 3.88. The predicted molar refractivity (Wildman–Crippen MR) is 111 cm³/mol. The van der Waals surface area contributed by atoms with E-state index < -0.39 is 0 Å². The van der Waals surface area contributed by atoms with Gasteiger partial charge in [-0.05, 0) is 52.3 Å². The van der Waals surface area contributed by atoms with Crippen LogP contribution >= 0.6 is 22.7 Å². The highest BCUT2D eigenvalue weighted by molar-refractivity contribution is 7.21. The fourth-order valence-corrected chi connectivity index (χ4v) is 5.50. The van der Waals surface area contributed by atoms with Gasteiger partial charge in [0.15, 0.2) is 5.13 Å². The van der Waals surface area contributed by atoms with E-state index in [0.29, 0.717) is 10.0 Å². The van der Waals surface area contributed by atoms with E-state index in [-0.39, 0.29) is 5.91 Å². The normalized spacial score (nSPS) is 15.4. The van der Waals surface area contributed by atoms with Crippen LogP contribution in [0.3, 0.4) is 0 Å². The average Bonchev–Trinajstić information content (AvgIpc) is 3.20. The lowest BCUT2D eigenvalue weighted by molar-refractivity contribution is 0.103. The Labute approximate surface area is 166 Å². The molecule has 0 radical (unpaired) electrons. The van der Waals surface area contributed by atoms with Gasteiger partial charge in [0.2, 0.25) is 0 Å². The summed E-state index contributed by atoms with van der Waals surface area (Å²) in [5.74, 6) is 0.613. The molecule has 0 saturated carbocycles. The summed E-state index contributed by atoms with van der Waals surface area (Å²) in [5.41, 5.74) is 2.89. The van der Waals surface area contributed by atoms with Crippen molar-refractivity contribution < 1.29 is 4.79 Å². The van der Waals surface area contributed by atoms with Crippen LogP contribution in [0.25, 0.3) is 10.2 Å². The van der Waals surface area contributed by atoms with Crippen molar-refractivity contribution in [3.05, 3.63) is 33.0 Å². The van der Waals surface area contributed by atoms with Gasteiger partial charge in [0.1, 0.15) is 10.7 Å². The summed E-state index contributed by atoms with van der Waals surface area (Å²) in [4.78, 5) is 30.3. The van der Waals surface area contributed by atoms with Crippen LogP contribution < -0.4 is 5.32 Å². The number of aromatic nitrogens is 3. The molecule has 1 aliphatic rings. The molecule has 4 rings (SSSR count). The van der Waals surface area contributed by atoms with Crippen molar-refractivity contribution in [2.75, 3.05) is 18.4 Å². The molecule has 1 aliphatic heterocycles. The minimum atomic E-state index is -0.119.